The van der Waals surface area contributed by atoms with Crippen molar-refractivity contribution in [3.63, 3.8) is 0 Å². The zero-order valence-corrected chi connectivity index (χ0v) is 23.0. The highest BCUT2D eigenvalue weighted by molar-refractivity contribution is 7.07. The SMILES string of the molecule is CCOC(=O)C1=C(C)N=c2sc(=CC=Cc3ccccc3OC)c(=O)n2C1c1ccc(OC(C)=O)c(OC)c1. The number of ether oxygens (including phenoxy) is 4. The summed E-state index contributed by atoms with van der Waals surface area (Å²) in [5, 5.41) is 0. The quantitative estimate of drug-likeness (QED) is 0.314. The maximum Gasteiger partial charge on any atom is 0.338 e. The molecule has 1 unspecified atom stereocenters. The molecule has 3 aromatic rings. The van der Waals surface area contributed by atoms with Crippen LogP contribution in [0.4, 0.5) is 0 Å². The van der Waals surface area contributed by atoms with Crippen molar-refractivity contribution in [3.05, 3.63) is 90.6 Å². The molecule has 10 heteroatoms. The summed E-state index contributed by atoms with van der Waals surface area (Å²) in [6.07, 6.45) is 5.33. The van der Waals surface area contributed by atoms with Crippen molar-refractivity contribution >= 4 is 35.4 Å². The van der Waals surface area contributed by atoms with Crippen LogP contribution in [0.2, 0.25) is 0 Å². The molecule has 0 aliphatic carbocycles. The minimum Gasteiger partial charge on any atom is -0.496 e. The maximum atomic E-state index is 13.7. The molecule has 2 heterocycles. The van der Waals surface area contributed by atoms with Crippen LogP contribution in [-0.4, -0.2) is 37.3 Å². The van der Waals surface area contributed by atoms with Gasteiger partial charge in [0.2, 0.25) is 0 Å². The van der Waals surface area contributed by atoms with Gasteiger partial charge in [0.05, 0.1) is 42.7 Å². The predicted molar refractivity (Wildman–Crippen MR) is 148 cm³/mol. The largest absolute Gasteiger partial charge is 0.496 e. The lowest BCUT2D eigenvalue weighted by atomic mass is 9.95. The van der Waals surface area contributed by atoms with Crippen LogP contribution in [-0.2, 0) is 14.3 Å². The van der Waals surface area contributed by atoms with Crippen molar-refractivity contribution < 1.29 is 28.5 Å². The van der Waals surface area contributed by atoms with Crippen LogP contribution in [0.15, 0.2) is 69.6 Å². The number of aromatic nitrogens is 1. The van der Waals surface area contributed by atoms with Crippen molar-refractivity contribution in [2.24, 2.45) is 4.99 Å². The molecule has 1 aromatic heterocycles. The monoisotopic (exact) mass is 548 g/mol. The Labute approximate surface area is 228 Å². The molecular formula is C29H28N2O7S. The van der Waals surface area contributed by atoms with Gasteiger partial charge in [0.25, 0.3) is 5.56 Å². The lowest BCUT2D eigenvalue weighted by molar-refractivity contribution is -0.139. The lowest BCUT2D eigenvalue weighted by Gasteiger charge is -2.25. The molecular weight excluding hydrogens is 520 g/mol. The van der Waals surface area contributed by atoms with E-state index in [2.05, 4.69) is 4.99 Å². The zero-order valence-electron chi connectivity index (χ0n) is 22.2. The van der Waals surface area contributed by atoms with Crippen LogP contribution < -0.4 is 29.1 Å². The van der Waals surface area contributed by atoms with Crippen LogP contribution in [0.1, 0.15) is 37.9 Å². The van der Waals surface area contributed by atoms with Crippen molar-refractivity contribution in [2.45, 2.75) is 26.8 Å². The normalized spacial score (nSPS) is 15.1. The first kappa shape index (κ1) is 27.6. The summed E-state index contributed by atoms with van der Waals surface area (Å²) in [7, 11) is 3.04. The summed E-state index contributed by atoms with van der Waals surface area (Å²) in [5.41, 5.74) is 1.80. The number of hydrogen-bond donors (Lipinski definition) is 0. The van der Waals surface area contributed by atoms with Crippen LogP contribution in [0.25, 0.3) is 12.2 Å². The van der Waals surface area contributed by atoms with E-state index < -0.39 is 18.0 Å². The van der Waals surface area contributed by atoms with Gasteiger partial charge in [-0.15, -0.1) is 0 Å². The van der Waals surface area contributed by atoms with Gasteiger partial charge in [-0.3, -0.25) is 14.2 Å². The van der Waals surface area contributed by atoms with Crippen LogP contribution in [0.3, 0.4) is 0 Å². The molecule has 39 heavy (non-hydrogen) atoms. The van der Waals surface area contributed by atoms with Crippen molar-refractivity contribution in [1.29, 1.82) is 0 Å². The number of esters is 2. The predicted octanol–water partition coefficient (Wildman–Crippen LogP) is 3.41. The highest BCUT2D eigenvalue weighted by Gasteiger charge is 2.34. The highest BCUT2D eigenvalue weighted by Crippen LogP contribution is 2.36. The van der Waals surface area contributed by atoms with E-state index >= 15 is 0 Å². The van der Waals surface area contributed by atoms with E-state index in [-0.39, 0.29) is 29.2 Å². The van der Waals surface area contributed by atoms with Crippen molar-refractivity contribution in [1.82, 2.24) is 4.57 Å². The molecule has 0 radical (unpaired) electrons. The smallest absolute Gasteiger partial charge is 0.338 e. The number of rotatable bonds is 8. The Morgan fingerprint density at radius 3 is 2.51 bits per heavy atom. The Bertz CT molecular complexity index is 1660. The molecule has 4 rings (SSSR count). The van der Waals surface area contributed by atoms with E-state index in [0.717, 1.165) is 5.56 Å². The van der Waals surface area contributed by atoms with Gasteiger partial charge in [-0.25, -0.2) is 9.79 Å². The molecule has 0 spiro atoms. The van der Waals surface area contributed by atoms with Crippen LogP contribution in [0.5, 0.6) is 17.2 Å². The van der Waals surface area contributed by atoms with E-state index in [1.165, 1.54) is 29.9 Å². The standard InChI is InChI=1S/C29H28N2O7S/c1-6-37-28(34)25-17(2)30-29-31(26(25)20-14-15-22(38-18(3)32)23(16-20)36-5)27(33)24(39-29)13-9-11-19-10-7-8-12-21(19)35-4/h7-16,26H,6H2,1-5H3. The fourth-order valence-electron chi connectivity index (χ4n) is 4.26. The Hall–Kier alpha value is -4.44. The van der Waals surface area contributed by atoms with Crippen molar-refractivity contribution in [2.75, 3.05) is 20.8 Å². The molecule has 1 aliphatic rings. The number of benzene rings is 2. The summed E-state index contributed by atoms with van der Waals surface area (Å²) in [5.74, 6) is 0.142. The third kappa shape index (κ3) is 5.70. The van der Waals surface area contributed by atoms with Gasteiger partial charge >= 0.3 is 11.9 Å². The summed E-state index contributed by atoms with van der Waals surface area (Å²) in [6.45, 7) is 4.87. The van der Waals surface area contributed by atoms with Crippen LogP contribution >= 0.6 is 11.3 Å². The first-order valence-corrected chi connectivity index (χ1v) is 13.0. The molecule has 0 fully saturated rings. The Balaban J connectivity index is 1.87. The van der Waals surface area contributed by atoms with Gasteiger partial charge in [-0.05, 0) is 43.7 Å². The summed E-state index contributed by atoms with van der Waals surface area (Å²) >= 11 is 1.22. The molecule has 0 saturated heterocycles. The van der Waals surface area contributed by atoms with Gasteiger partial charge in [0.15, 0.2) is 16.3 Å². The molecule has 0 bridgehead atoms. The van der Waals surface area contributed by atoms with E-state index in [0.29, 0.717) is 26.3 Å². The number of thiazole rings is 1. The molecule has 0 N–H and O–H groups in total. The van der Waals surface area contributed by atoms with E-state index in [4.69, 9.17) is 18.9 Å². The first-order valence-electron chi connectivity index (χ1n) is 12.1. The minimum absolute atomic E-state index is 0.162. The summed E-state index contributed by atoms with van der Waals surface area (Å²) < 4.78 is 23.3. The van der Waals surface area contributed by atoms with E-state index in [1.54, 1.807) is 51.3 Å². The Morgan fingerprint density at radius 2 is 1.82 bits per heavy atom. The fourth-order valence-corrected chi connectivity index (χ4v) is 5.26. The molecule has 9 nitrogen and oxygen atoms in total. The summed E-state index contributed by atoms with van der Waals surface area (Å²) in [4.78, 5) is 43.3. The average Bonchev–Trinajstić information content (AvgIpc) is 3.22. The Kier molecular flexibility index (Phi) is 8.46. The number of carbonyl (C=O) groups excluding carboxylic acids is 2. The van der Waals surface area contributed by atoms with E-state index in [9.17, 15) is 14.4 Å². The number of hydrogen-bond acceptors (Lipinski definition) is 9. The summed E-state index contributed by atoms with van der Waals surface area (Å²) in [6, 6.07) is 11.6. The number of para-hydroxylation sites is 1. The topological polar surface area (TPSA) is 105 Å². The molecule has 0 amide bonds. The third-order valence-electron chi connectivity index (χ3n) is 5.94. The number of allylic oxidation sites excluding steroid dienone is 2. The van der Waals surface area contributed by atoms with Gasteiger partial charge in [-0.1, -0.05) is 47.8 Å². The second-order valence-corrected chi connectivity index (χ2v) is 9.44. The lowest BCUT2D eigenvalue weighted by Crippen LogP contribution is -2.39. The van der Waals surface area contributed by atoms with Gasteiger partial charge < -0.3 is 18.9 Å². The molecule has 1 atom stereocenters. The fraction of sp³-hybridized carbons (Fsp3) is 0.241. The zero-order chi connectivity index (χ0) is 28.1. The second kappa shape index (κ2) is 12.0. The maximum absolute atomic E-state index is 13.7. The molecule has 0 saturated carbocycles. The van der Waals surface area contributed by atoms with Gasteiger partial charge in [-0.2, -0.15) is 0 Å². The highest BCUT2D eigenvalue weighted by atomic mass is 32.1. The number of carbonyl (C=O) groups is 2. The number of methoxy groups -OCH3 is 2. The molecule has 2 aromatic carbocycles. The van der Waals surface area contributed by atoms with Crippen LogP contribution in [0, 0.1) is 0 Å². The number of fused-ring (bicyclic) bond motifs is 1. The van der Waals surface area contributed by atoms with Gasteiger partial charge in [0.1, 0.15) is 5.75 Å². The second-order valence-electron chi connectivity index (χ2n) is 8.43. The van der Waals surface area contributed by atoms with Gasteiger partial charge in [0, 0.05) is 12.5 Å². The molecule has 1 aliphatic heterocycles. The number of nitrogens with zero attached hydrogens (tertiary/aromatic N) is 2. The van der Waals surface area contributed by atoms with E-state index in [1.807, 2.05) is 30.3 Å². The first-order chi connectivity index (χ1) is 18.8. The average molecular weight is 549 g/mol. The minimum atomic E-state index is -0.832. The third-order valence-corrected chi connectivity index (χ3v) is 6.94. The molecule has 202 valence electrons. The van der Waals surface area contributed by atoms with Crippen molar-refractivity contribution in [3.8, 4) is 17.2 Å². The Morgan fingerprint density at radius 1 is 1.08 bits per heavy atom.